The van der Waals surface area contributed by atoms with E-state index in [1.807, 2.05) is 11.0 Å². The third kappa shape index (κ3) is 3.56. The van der Waals surface area contributed by atoms with Crippen molar-refractivity contribution in [2.24, 2.45) is 0 Å². The number of para-hydroxylation sites is 1. The first-order valence-corrected chi connectivity index (χ1v) is 9.30. The largest absolute Gasteiger partial charge is 0.484 e. The van der Waals surface area contributed by atoms with Gasteiger partial charge < -0.3 is 14.6 Å². The van der Waals surface area contributed by atoms with Gasteiger partial charge in [-0.3, -0.25) is 4.79 Å². The Labute approximate surface area is 157 Å². The summed E-state index contributed by atoms with van der Waals surface area (Å²) < 4.78 is 5.58. The maximum Gasteiger partial charge on any atom is 0.260 e. The standard InChI is InChI=1S/C21H21ClN2O2/c22-16-5-7-17(8-6-16)26-14-21(25)24-11-9-15(10-12-24)19-13-23-20-4-2-1-3-18(19)20/h1-8,13,15,23H,9-12,14H2. The number of nitrogens with one attached hydrogen (secondary N) is 1. The number of H-pyrrole nitrogens is 1. The summed E-state index contributed by atoms with van der Waals surface area (Å²) >= 11 is 5.86. The number of carbonyl (C=O) groups excluding carboxylic acids is 1. The number of rotatable bonds is 4. The van der Waals surface area contributed by atoms with Crippen molar-refractivity contribution in [2.75, 3.05) is 19.7 Å². The molecule has 0 spiro atoms. The Bertz CT molecular complexity index is 896. The van der Waals surface area contributed by atoms with E-state index in [2.05, 4.69) is 29.4 Å². The number of hydrogen-bond acceptors (Lipinski definition) is 2. The number of aromatic amines is 1. The van der Waals surface area contributed by atoms with Crippen LogP contribution in [0.2, 0.25) is 5.02 Å². The number of halogens is 1. The number of aromatic nitrogens is 1. The first-order chi connectivity index (χ1) is 12.7. The van der Waals surface area contributed by atoms with Gasteiger partial charge >= 0.3 is 0 Å². The summed E-state index contributed by atoms with van der Waals surface area (Å²) in [7, 11) is 0. The van der Waals surface area contributed by atoms with Gasteiger partial charge in [-0.25, -0.2) is 0 Å². The Morgan fingerprint density at radius 1 is 1.12 bits per heavy atom. The predicted molar refractivity (Wildman–Crippen MR) is 104 cm³/mol. The molecule has 1 N–H and O–H groups in total. The average Bonchev–Trinajstić information content (AvgIpc) is 3.11. The number of amides is 1. The molecule has 5 heteroatoms. The van der Waals surface area contributed by atoms with E-state index in [9.17, 15) is 4.79 Å². The maximum atomic E-state index is 12.4. The van der Waals surface area contributed by atoms with Crippen LogP contribution in [0.15, 0.2) is 54.7 Å². The molecule has 0 bridgehead atoms. The molecule has 1 fully saturated rings. The number of benzene rings is 2. The number of hydrogen-bond donors (Lipinski definition) is 1. The number of likely N-dealkylation sites (tertiary alicyclic amines) is 1. The number of piperidine rings is 1. The van der Waals surface area contributed by atoms with E-state index in [0.717, 1.165) is 25.9 Å². The van der Waals surface area contributed by atoms with Gasteiger partial charge in [0.05, 0.1) is 0 Å². The molecule has 0 radical (unpaired) electrons. The summed E-state index contributed by atoms with van der Waals surface area (Å²) in [5, 5.41) is 1.95. The summed E-state index contributed by atoms with van der Waals surface area (Å²) in [6.45, 7) is 1.61. The van der Waals surface area contributed by atoms with Gasteiger partial charge in [-0.1, -0.05) is 29.8 Å². The highest BCUT2D eigenvalue weighted by atomic mass is 35.5. The first-order valence-electron chi connectivity index (χ1n) is 8.93. The van der Waals surface area contributed by atoms with Crippen molar-refractivity contribution in [2.45, 2.75) is 18.8 Å². The van der Waals surface area contributed by atoms with Crippen molar-refractivity contribution < 1.29 is 9.53 Å². The predicted octanol–water partition coefficient (Wildman–Crippen LogP) is 4.61. The number of fused-ring (bicyclic) bond motifs is 1. The normalized spacial score (nSPS) is 15.3. The van der Waals surface area contributed by atoms with Crippen LogP contribution in [-0.2, 0) is 4.79 Å². The Morgan fingerprint density at radius 3 is 2.62 bits per heavy atom. The van der Waals surface area contributed by atoms with Gasteiger partial charge in [0.25, 0.3) is 5.91 Å². The molecule has 1 aliphatic heterocycles. The van der Waals surface area contributed by atoms with Crippen LogP contribution in [0.5, 0.6) is 5.75 Å². The molecule has 134 valence electrons. The Balaban J connectivity index is 1.33. The van der Waals surface area contributed by atoms with Gasteiger partial charge in [0.1, 0.15) is 5.75 Å². The minimum absolute atomic E-state index is 0.0392. The van der Waals surface area contributed by atoms with Gasteiger partial charge in [-0.15, -0.1) is 0 Å². The second-order valence-electron chi connectivity index (χ2n) is 6.69. The zero-order valence-electron chi connectivity index (χ0n) is 14.5. The van der Waals surface area contributed by atoms with Crippen molar-refractivity contribution in [3.8, 4) is 5.75 Å². The van der Waals surface area contributed by atoms with Crippen LogP contribution in [0.25, 0.3) is 10.9 Å². The zero-order chi connectivity index (χ0) is 17.9. The number of ether oxygens (including phenoxy) is 1. The maximum absolute atomic E-state index is 12.4. The molecule has 1 amide bonds. The molecule has 26 heavy (non-hydrogen) atoms. The van der Waals surface area contributed by atoms with Crippen LogP contribution in [0.1, 0.15) is 24.3 Å². The molecular formula is C21H21ClN2O2. The zero-order valence-corrected chi connectivity index (χ0v) is 15.2. The van der Waals surface area contributed by atoms with Gasteiger partial charge in [-0.2, -0.15) is 0 Å². The molecule has 3 aromatic rings. The SMILES string of the molecule is O=C(COc1ccc(Cl)cc1)N1CCC(c2c[nH]c3ccccc23)CC1. The lowest BCUT2D eigenvalue weighted by atomic mass is 9.89. The first kappa shape index (κ1) is 17.0. The number of carbonyl (C=O) groups is 1. The molecule has 2 aromatic carbocycles. The molecule has 0 saturated carbocycles. The van der Waals surface area contributed by atoms with Crippen LogP contribution in [0, 0.1) is 0 Å². The summed E-state index contributed by atoms with van der Waals surface area (Å²) in [5.74, 6) is 1.20. The summed E-state index contributed by atoms with van der Waals surface area (Å²) in [6, 6.07) is 15.5. The molecule has 4 nitrogen and oxygen atoms in total. The monoisotopic (exact) mass is 368 g/mol. The molecule has 1 saturated heterocycles. The average molecular weight is 369 g/mol. The Kier molecular flexibility index (Phi) is 4.85. The lowest BCUT2D eigenvalue weighted by molar-refractivity contribution is -0.134. The Morgan fingerprint density at radius 2 is 1.85 bits per heavy atom. The topological polar surface area (TPSA) is 45.3 Å². The fourth-order valence-corrected chi connectivity index (χ4v) is 3.76. The molecule has 4 rings (SSSR count). The van der Waals surface area contributed by atoms with E-state index < -0.39 is 0 Å². The third-order valence-electron chi connectivity index (χ3n) is 5.08. The second-order valence-corrected chi connectivity index (χ2v) is 7.12. The highest BCUT2D eigenvalue weighted by Crippen LogP contribution is 2.33. The molecule has 1 aromatic heterocycles. The van der Waals surface area contributed by atoms with Crippen molar-refractivity contribution in [3.05, 3.63) is 65.3 Å². The smallest absolute Gasteiger partial charge is 0.260 e. The van der Waals surface area contributed by atoms with Crippen molar-refractivity contribution in [3.63, 3.8) is 0 Å². The molecular weight excluding hydrogens is 348 g/mol. The van der Waals surface area contributed by atoms with Crippen molar-refractivity contribution >= 4 is 28.4 Å². The molecule has 0 aliphatic carbocycles. The Hall–Kier alpha value is -2.46. The quantitative estimate of drug-likeness (QED) is 0.731. The van der Waals surface area contributed by atoms with Gasteiger partial charge in [0.15, 0.2) is 6.61 Å². The van der Waals surface area contributed by atoms with Crippen LogP contribution in [-0.4, -0.2) is 35.5 Å². The molecule has 1 aliphatic rings. The lowest BCUT2D eigenvalue weighted by Crippen LogP contribution is -2.40. The van der Waals surface area contributed by atoms with E-state index in [1.54, 1.807) is 24.3 Å². The molecule has 2 heterocycles. The van der Waals surface area contributed by atoms with E-state index in [1.165, 1.54) is 16.5 Å². The highest BCUT2D eigenvalue weighted by molar-refractivity contribution is 6.30. The summed E-state index contributed by atoms with van der Waals surface area (Å²) in [4.78, 5) is 17.7. The van der Waals surface area contributed by atoms with Gasteiger partial charge in [-0.05, 0) is 54.7 Å². The third-order valence-corrected chi connectivity index (χ3v) is 5.34. The molecule has 0 unspecified atom stereocenters. The minimum Gasteiger partial charge on any atom is -0.484 e. The van der Waals surface area contributed by atoms with E-state index in [-0.39, 0.29) is 12.5 Å². The lowest BCUT2D eigenvalue weighted by Gasteiger charge is -2.32. The van der Waals surface area contributed by atoms with Crippen LogP contribution in [0.4, 0.5) is 0 Å². The molecule has 0 atom stereocenters. The highest BCUT2D eigenvalue weighted by Gasteiger charge is 2.25. The fraction of sp³-hybridized carbons (Fsp3) is 0.286. The van der Waals surface area contributed by atoms with Crippen LogP contribution < -0.4 is 4.74 Å². The summed E-state index contributed by atoms with van der Waals surface area (Å²) in [5.41, 5.74) is 2.54. The van der Waals surface area contributed by atoms with Gasteiger partial charge in [0.2, 0.25) is 0 Å². The minimum atomic E-state index is 0.0392. The van der Waals surface area contributed by atoms with Crippen molar-refractivity contribution in [1.82, 2.24) is 9.88 Å². The van der Waals surface area contributed by atoms with E-state index >= 15 is 0 Å². The van der Waals surface area contributed by atoms with E-state index in [0.29, 0.717) is 16.7 Å². The van der Waals surface area contributed by atoms with Gasteiger partial charge in [0, 0.05) is 35.2 Å². The van der Waals surface area contributed by atoms with Crippen molar-refractivity contribution in [1.29, 1.82) is 0 Å². The van der Waals surface area contributed by atoms with E-state index in [4.69, 9.17) is 16.3 Å². The fourth-order valence-electron chi connectivity index (χ4n) is 3.64. The second kappa shape index (κ2) is 7.42. The van der Waals surface area contributed by atoms with Crippen LogP contribution in [0.3, 0.4) is 0 Å². The number of nitrogens with zero attached hydrogens (tertiary/aromatic N) is 1. The van der Waals surface area contributed by atoms with Crippen LogP contribution >= 0.6 is 11.6 Å². The summed E-state index contributed by atoms with van der Waals surface area (Å²) in [6.07, 6.45) is 4.08.